The van der Waals surface area contributed by atoms with E-state index in [4.69, 9.17) is 19.9 Å². The van der Waals surface area contributed by atoms with Gasteiger partial charge < -0.3 is 19.9 Å². The molecule has 2 N–H and O–H groups in total. The number of amides is 1. The minimum Gasteiger partial charge on any atom is -0.452 e. The van der Waals surface area contributed by atoms with Gasteiger partial charge in [-0.3, -0.25) is 4.79 Å². The molecule has 2 aromatic carbocycles. The van der Waals surface area contributed by atoms with Crippen LogP contribution in [0.5, 0.6) is 0 Å². The molecule has 1 amide bonds. The summed E-state index contributed by atoms with van der Waals surface area (Å²) in [5.74, 6) is -2.25. The molecule has 11 heteroatoms. The van der Waals surface area contributed by atoms with Crippen LogP contribution in [0.3, 0.4) is 0 Å². The molecule has 4 rings (SSSR count). The minimum absolute atomic E-state index is 0.220. The van der Waals surface area contributed by atoms with Gasteiger partial charge in [0.15, 0.2) is 18.4 Å². The monoisotopic (exact) mass is 562 g/mol. The molecule has 0 saturated carbocycles. The van der Waals surface area contributed by atoms with E-state index in [9.17, 15) is 14.4 Å². The molecular weight excluding hydrogens is 543 g/mol. The van der Waals surface area contributed by atoms with Gasteiger partial charge in [0.25, 0.3) is 5.91 Å². The highest BCUT2D eigenvalue weighted by atomic mass is 127. The Morgan fingerprint density at radius 3 is 1.97 bits per heavy atom. The first kappa shape index (κ1) is 22.9. The predicted octanol–water partition coefficient (Wildman–Crippen LogP) is 2.16. The molecule has 3 aromatic rings. The van der Waals surface area contributed by atoms with Gasteiger partial charge in [-0.15, -0.1) is 5.10 Å². The minimum atomic E-state index is -1.06. The number of carbonyl (C=O) groups excluding carboxylic acids is 3. The zero-order valence-corrected chi connectivity index (χ0v) is 19.3. The molecule has 1 saturated heterocycles. The summed E-state index contributed by atoms with van der Waals surface area (Å²) in [5.41, 5.74) is 5.92. The van der Waals surface area contributed by atoms with Crippen LogP contribution in [0.2, 0.25) is 0 Å². The topological polar surface area (TPSA) is 136 Å². The molecule has 1 aliphatic heterocycles. The molecule has 0 aliphatic carbocycles. The van der Waals surface area contributed by atoms with Gasteiger partial charge in [0, 0.05) is 4.43 Å². The molecular formula is C22H19IN4O6. The maximum atomic E-state index is 12.8. The number of benzene rings is 2. The number of rotatable bonds is 7. The lowest BCUT2D eigenvalue weighted by Crippen LogP contribution is -2.40. The highest BCUT2D eigenvalue weighted by Gasteiger charge is 2.51. The quantitative estimate of drug-likeness (QED) is 0.263. The second-order valence-corrected chi connectivity index (χ2v) is 7.98. The zero-order valence-electron chi connectivity index (χ0n) is 17.1. The van der Waals surface area contributed by atoms with E-state index in [2.05, 4.69) is 32.7 Å². The first-order chi connectivity index (χ1) is 16.0. The van der Waals surface area contributed by atoms with Gasteiger partial charge in [-0.1, -0.05) is 59.0 Å². The molecule has 1 fully saturated rings. The Bertz CT molecular complexity index is 1140. The van der Waals surface area contributed by atoms with Crippen molar-refractivity contribution in [3.63, 3.8) is 0 Å². The van der Waals surface area contributed by atoms with Crippen LogP contribution in [0.25, 0.3) is 0 Å². The summed E-state index contributed by atoms with van der Waals surface area (Å²) < 4.78 is 19.2. The maximum Gasteiger partial charge on any atom is 0.338 e. The SMILES string of the molecule is NC(=O)c1ncn([C@@H]2O[C@H](CI)[C@@H](OC(=O)c3ccccc3)C2OC(=O)c2ccccc2)n1. The van der Waals surface area contributed by atoms with Crippen molar-refractivity contribution >= 4 is 40.4 Å². The molecule has 1 aliphatic rings. The Kier molecular flexibility index (Phi) is 6.99. The molecule has 2 heterocycles. The van der Waals surface area contributed by atoms with Crippen LogP contribution in [0.1, 0.15) is 37.6 Å². The van der Waals surface area contributed by atoms with E-state index in [1.165, 1.54) is 11.0 Å². The van der Waals surface area contributed by atoms with E-state index in [1.54, 1.807) is 60.7 Å². The van der Waals surface area contributed by atoms with Crippen LogP contribution in [-0.4, -0.2) is 55.3 Å². The second-order valence-electron chi connectivity index (χ2n) is 7.10. The van der Waals surface area contributed by atoms with Crippen molar-refractivity contribution in [3.05, 3.63) is 83.9 Å². The number of hydrogen-bond acceptors (Lipinski definition) is 8. The third-order valence-corrected chi connectivity index (χ3v) is 5.80. The van der Waals surface area contributed by atoms with Gasteiger partial charge in [0.2, 0.25) is 5.82 Å². The summed E-state index contributed by atoms with van der Waals surface area (Å²) in [5, 5.41) is 4.03. The third kappa shape index (κ3) is 5.03. The summed E-state index contributed by atoms with van der Waals surface area (Å²) >= 11 is 2.09. The number of aromatic nitrogens is 3. The Morgan fingerprint density at radius 2 is 1.48 bits per heavy atom. The number of esters is 2. The third-order valence-electron chi connectivity index (χ3n) is 4.93. The van der Waals surface area contributed by atoms with E-state index in [0.717, 1.165) is 0 Å². The Morgan fingerprint density at radius 1 is 0.939 bits per heavy atom. The number of hydrogen-bond donors (Lipinski definition) is 1. The first-order valence-electron chi connectivity index (χ1n) is 9.92. The number of nitrogens with two attached hydrogens (primary N) is 1. The number of alkyl halides is 1. The summed E-state index contributed by atoms with van der Waals surface area (Å²) in [7, 11) is 0. The summed E-state index contributed by atoms with van der Waals surface area (Å²) in [6.07, 6.45) is -2.36. The first-order valence-corrected chi connectivity index (χ1v) is 11.4. The fourth-order valence-electron chi connectivity index (χ4n) is 3.36. The second kappa shape index (κ2) is 10.1. The average Bonchev–Trinajstić information content (AvgIpc) is 3.46. The van der Waals surface area contributed by atoms with Crippen molar-refractivity contribution < 1.29 is 28.6 Å². The number of halogens is 1. The van der Waals surface area contributed by atoms with Gasteiger partial charge in [-0.25, -0.2) is 19.3 Å². The van der Waals surface area contributed by atoms with E-state index < -0.39 is 42.4 Å². The molecule has 0 radical (unpaired) electrons. The number of carbonyl (C=O) groups is 3. The maximum absolute atomic E-state index is 12.8. The van der Waals surface area contributed by atoms with Crippen LogP contribution < -0.4 is 5.73 Å². The molecule has 0 spiro atoms. The van der Waals surface area contributed by atoms with E-state index in [-0.39, 0.29) is 5.82 Å². The molecule has 1 unspecified atom stereocenters. The molecule has 4 atom stereocenters. The highest BCUT2D eigenvalue weighted by molar-refractivity contribution is 14.1. The van der Waals surface area contributed by atoms with Crippen LogP contribution >= 0.6 is 22.6 Å². The van der Waals surface area contributed by atoms with Crippen molar-refractivity contribution in [2.45, 2.75) is 24.5 Å². The number of primary amides is 1. The molecule has 0 bridgehead atoms. The van der Waals surface area contributed by atoms with Crippen molar-refractivity contribution in [2.75, 3.05) is 4.43 Å². The normalized spacial score (nSPS) is 22.0. The van der Waals surface area contributed by atoms with Crippen molar-refractivity contribution in [1.82, 2.24) is 14.8 Å². The Hall–Kier alpha value is -3.32. The van der Waals surface area contributed by atoms with Gasteiger partial charge in [0.05, 0.1) is 11.1 Å². The van der Waals surface area contributed by atoms with Crippen LogP contribution in [0.15, 0.2) is 67.0 Å². The molecule has 10 nitrogen and oxygen atoms in total. The predicted molar refractivity (Wildman–Crippen MR) is 123 cm³/mol. The van der Waals surface area contributed by atoms with Gasteiger partial charge in [0.1, 0.15) is 12.4 Å². The fraction of sp³-hybridized carbons (Fsp3) is 0.227. The standard InChI is InChI=1S/C22H19IN4O6/c23-11-15-16(32-21(29)13-7-3-1-4-8-13)17(33-22(30)14-9-5-2-6-10-14)20(31-15)27-12-25-19(26-27)18(24)28/h1-10,12,15-17,20H,11H2,(H2,24,28)/t15-,16-,17?,20-/m1/s1. The van der Waals surface area contributed by atoms with Crippen molar-refractivity contribution in [1.29, 1.82) is 0 Å². The molecule has 33 heavy (non-hydrogen) atoms. The number of ether oxygens (including phenoxy) is 3. The van der Waals surface area contributed by atoms with Crippen molar-refractivity contribution in [3.8, 4) is 0 Å². The van der Waals surface area contributed by atoms with Crippen LogP contribution in [0, 0.1) is 0 Å². The fourth-order valence-corrected chi connectivity index (χ4v) is 4.06. The lowest BCUT2D eigenvalue weighted by molar-refractivity contribution is -0.0540. The smallest absolute Gasteiger partial charge is 0.338 e. The molecule has 1 aromatic heterocycles. The summed E-state index contributed by atoms with van der Waals surface area (Å²) in [6.45, 7) is 0. The highest BCUT2D eigenvalue weighted by Crippen LogP contribution is 2.35. The van der Waals surface area contributed by atoms with Crippen molar-refractivity contribution in [2.24, 2.45) is 5.73 Å². The van der Waals surface area contributed by atoms with Gasteiger partial charge in [-0.2, -0.15) is 0 Å². The van der Waals surface area contributed by atoms with E-state index in [0.29, 0.717) is 15.6 Å². The van der Waals surface area contributed by atoms with E-state index >= 15 is 0 Å². The van der Waals surface area contributed by atoms with Crippen LogP contribution in [-0.2, 0) is 14.2 Å². The largest absolute Gasteiger partial charge is 0.452 e. The lowest BCUT2D eigenvalue weighted by atomic mass is 10.1. The zero-order chi connectivity index (χ0) is 23.4. The Labute approximate surface area is 202 Å². The number of nitrogens with zero attached hydrogens (tertiary/aromatic N) is 3. The lowest BCUT2D eigenvalue weighted by Gasteiger charge is -2.24. The Balaban J connectivity index is 1.65. The molecule has 170 valence electrons. The van der Waals surface area contributed by atoms with Gasteiger partial charge in [-0.05, 0) is 24.3 Å². The van der Waals surface area contributed by atoms with Gasteiger partial charge >= 0.3 is 11.9 Å². The summed E-state index contributed by atoms with van der Waals surface area (Å²) in [4.78, 5) is 40.9. The summed E-state index contributed by atoms with van der Waals surface area (Å²) in [6, 6.07) is 16.9. The van der Waals surface area contributed by atoms with E-state index in [1.807, 2.05) is 0 Å². The average molecular weight is 562 g/mol. The van der Waals surface area contributed by atoms with Crippen LogP contribution in [0.4, 0.5) is 0 Å².